The summed E-state index contributed by atoms with van der Waals surface area (Å²) in [5.74, 6) is 0. The number of benzene rings is 6. The summed E-state index contributed by atoms with van der Waals surface area (Å²) in [7, 11) is -3.05. The van der Waals surface area contributed by atoms with Gasteiger partial charge >= 0.3 is 0 Å². The maximum absolute atomic E-state index is 15.2. The number of para-hydroxylation sites is 1. The number of hydrogen-bond acceptors (Lipinski definition) is 2. The monoisotopic (exact) mass is 568 g/mol. The standard InChI is InChI=1S/C39H25N2OP/c42-43(30-10-2-1-3-11-30)36-15-7-5-13-33(36)38-37(43)23-22-32-31-12-4-6-14-35(31)41(39(32)38)29-20-18-26(19-21-29)28-17-16-27-9-8-24-40-34(27)25-28/h1-25H. The first-order valence-electron chi connectivity index (χ1n) is 14.5. The molecular formula is C39H25N2OP. The van der Waals surface area contributed by atoms with Gasteiger partial charge in [0.2, 0.25) is 0 Å². The van der Waals surface area contributed by atoms with Crippen molar-refractivity contribution in [1.82, 2.24) is 9.55 Å². The number of pyridine rings is 1. The summed E-state index contributed by atoms with van der Waals surface area (Å²) in [6.07, 6.45) is 1.84. The molecule has 9 rings (SSSR count). The zero-order chi connectivity index (χ0) is 28.5. The minimum absolute atomic E-state index is 0.873. The third-order valence-electron chi connectivity index (χ3n) is 8.85. The lowest BCUT2D eigenvalue weighted by Crippen LogP contribution is -2.20. The maximum Gasteiger partial charge on any atom is 0.172 e. The molecule has 0 bridgehead atoms. The van der Waals surface area contributed by atoms with Gasteiger partial charge in [0, 0.05) is 49.5 Å². The van der Waals surface area contributed by atoms with Gasteiger partial charge in [-0.2, -0.15) is 0 Å². The molecule has 0 spiro atoms. The van der Waals surface area contributed by atoms with Crippen LogP contribution in [0.4, 0.5) is 0 Å². The number of hydrogen-bond donors (Lipinski definition) is 0. The Labute approximate surface area is 249 Å². The van der Waals surface area contributed by atoms with Crippen LogP contribution in [0.15, 0.2) is 152 Å². The second-order valence-electron chi connectivity index (χ2n) is 11.1. The largest absolute Gasteiger partial charge is 0.309 e. The van der Waals surface area contributed by atoms with Crippen LogP contribution in [0.3, 0.4) is 0 Å². The molecule has 6 aromatic carbocycles. The number of aromatic nitrogens is 2. The Balaban J connectivity index is 1.31. The van der Waals surface area contributed by atoms with Crippen molar-refractivity contribution in [2.75, 3.05) is 0 Å². The predicted molar refractivity (Wildman–Crippen MR) is 180 cm³/mol. The molecular weight excluding hydrogens is 543 g/mol. The van der Waals surface area contributed by atoms with Crippen molar-refractivity contribution in [3.05, 3.63) is 152 Å². The molecule has 1 aliphatic heterocycles. The van der Waals surface area contributed by atoms with Crippen LogP contribution < -0.4 is 15.9 Å². The summed E-state index contributed by atoms with van der Waals surface area (Å²) in [5.41, 5.74) is 8.69. The number of fused-ring (bicyclic) bond motifs is 8. The lowest BCUT2D eigenvalue weighted by molar-refractivity contribution is 0.593. The number of nitrogens with zero attached hydrogens (tertiary/aromatic N) is 2. The Hall–Kier alpha value is -5.24. The average Bonchev–Trinajstić information content (AvgIpc) is 3.55. The average molecular weight is 569 g/mol. The molecule has 0 fully saturated rings. The van der Waals surface area contributed by atoms with Crippen molar-refractivity contribution >= 4 is 55.8 Å². The zero-order valence-electron chi connectivity index (χ0n) is 23.2. The number of rotatable bonds is 3. The van der Waals surface area contributed by atoms with Crippen molar-refractivity contribution in [3.8, 4) is 27.9 Å². The van der Waals surface area contributed by atoms with E-state index < -0.39 is 7.14 Å². The van der Waals surface area contributed by atoms with Crippen LogP contribution in [0.2, 0.25) is 0 Å². The first kappa shape index (κ1) is 24.4. The molecule has 8 aromatic rings. The molecule has 0 saturated heterocycles. The van der Waals surface area contributed by atoms with Gasteiger partial charge in [-0.05, 0) is 53.1 Å². The molecule has 2 aromatic heterocycles. The highest BCUT2D eigenvalue weighted by Gasteiger charge is 2.41. The highest BCUT2D eigenvalue weighted by atomic mass is 31.2. The molecule has 3 heterocycles. The summed E-state index contributed by atoms with van der Waals surface area (Å²) in [6.45, 7) is 0. The minimum atomic E-state index is -3.05. The van der Waals surface area contributed by atoms with E-state index >= 15 is 4.57 Å². The van der Waals surface area contributed by atoms with Gasteiger partial charge < -0.3 is 9.13 Å². The van der Waals surface area contributed by atoms with Gasteiger partial charge in [-0.3, -0.25) is 4.98 Å². The molecule has 0 aliphatic carbocycles. The summed E-state index contributed by atoms with van der Waals surface area (Å²) in [6, 6.07) is 50.3. The van der Waals surface area contributed by atoms with Crippen LogP contribution in [-0.2, 0) is 4.57 Å². The van der Waals surface area contributed by atoms with E-state index in [9.17, 15) is 0 Å². The molecule has 43 heavy (non-hydrogen) atoms. The summed E-state index contributed by atoms with van der Waals surface area (Å²) in [5, 5.41) is 6.18. The van der Waals surface area contributed by atoms with Crippen LogP contribution >= 0.6 is 7.14 Å². The molecule has 0 saturated carbocycles. The van der Waals surface area contributed by atoms with Gasteiger partial charge in [0.05, 0.1) is 16.6 Å². The summed E-state index contributed by atoms with van der Waals surface area (Å²) < 4.78 is 17.6. The van der Waals surface area contributed by atoms with Crippen molar-refractivity contribution in [1.29, 1.82) is 0 Å². The lowest BCUT2D eigenvalue weighted by atomic mass is 10.0. The first-order valence-corrected chi connectivity index (χ1v) is 16.2. The molecule has 1 atom stereocenters. The van der Waals surface area contributed by atoms with Crippen LogP contribution in [0.5, 0.6) is 0 Å². The Morgan fingerprint density at radius 2 is 1.35 bits per heavy atom. The molecule has 0 amide bonds. The van der Waals surface area contributed by atoms with Gasteiger partial charge in [0.1, 0.15) is 0 Å². The fourth-order valence-electron chi connectivity index (χ4n) is 6.90. The van der Waals surface area contributed by atoms with Crippen molar-refractivity contribution in [3.63, 3.8) is 0 Å². The quantitative estimate of drug-likeness (QED) is 0.200. The Morgan fingerprint density at radius 1 is 0.581 bits per heavy atom. The molecule has 202 valence electrons. The normalized spacial score (nSPS) is 15.6. The summed E-state index contributed by atoms with van der Waals surface area (Å²) >= 11 is 0. The second kappa shape index (κ2) is 9.13. The van der Waals surface area contributed by atoms with E-state index in [0.717, 1.165) is 71.2 Å². The fourth-order valence-corrected chi connectivity index (χ4v) is 9.95. The topological polar surface area (TPSA) is 34.9 Å². The zero-order valence-corrected chi connectivity index (χ0v) is 24.1. The second-order valence-corrected chi connectivity index (χ2v) is 13.8. The summed E-state index contributed by atoms with van der Waals surface area (Å²) in [4.78, 5) is 4.55. The van der Waals surface area contributed by atoms with E-state index in [0.29, 0.717) is 0 Å². The minimum Gasteiger partial charge on any atom is -0.309 e. The van der Waals surface area contributed by atoms with E-state index in [4.69, 9.17) is 0 Å². The third-order valence-corrected chi connectivity index (χ3v) is 12.0. The van der Waals surface area contributed by atoms with Crippen LogP contribution in [0.1, 0.15) is 0 Å². The highest BCUT2D eigenvalue weighted by Crippen LogP contribution is 2.54. The smallest absolute Gasteiger partial charge is 0.172 e. The Morgan fingerprint density at radius 3 is 2.23 bits per heavy atom. The van der Waals surface area contributed by atoms with Crippen LogP contribution in [-0.4, -0.2) is 9.55 Å². The SMILES string of the molecule is O=P1(c2ccccc2)c2ccccc2-c2c1ccc1c3ccccc3n(-c3ccc(-c4ccc5cccnc5c4)cc3)c21. The van der Waals surface area contributed by atoms with Crippen LogP contribution in [0, 0.1) is 0 Å². The van der Waals surface area contributed by atoms with E-state index in [1.807, 2.05) is 48.7 Å². The lowest BCUT2D eigenvalue weighted by Gasteiger charge is -2.16. The van der Waals surface area contributed by atoms with E-state index in [1.54, 1.807) is 0 Å². The van der Waals surface area contributed by atoms with Crippen molar-refractivity contribution < 1.29 is 4.57 Å². The van der Waals surface area contributed by atoms with E-state index in [2.05, 4.69) is 113 Å². The first-order chi connectivity index (χ1) is 21.2. The molecule has 0 radical (unpaired) electrons. The molecule has 1 aliphatic rings. The van der Waals surface area contributed by atoms with Crippen molar-refractivity contribution in [2.24, 2.45) is 0 Å². The highest BCUT2D eigenvalue weighted by molar-refractivity contribution is 7.86. The third kappa shape index (κ3) is 3.43. The fraction of sp³-hybridized carbons (Fsp3) is 0. The van der Waals surface area contributed by atoms with Gasteiger partial charge in [-0.1, -0.05) is 109 Å². The van der Waals surface area contributed by atoms with Gasteiger partial charge in [-0.15, -0.1) is 0 Å². The predicted octanol–water partition coefficient (Wildman–Crippen LogP) is 8.62. The Bertz CT molecular complexity index is 2420. The van der Waals surface area contributed by atoms with Gasteiger partial charge in [-0.25, -0.2) is 0 Å². The molecule has 3 nitrogen and oxygen atoms in total. The molecule has 1 unspecified atom stereocenters. The molecule has 0 N–H and O–H groups in total. The Kier molecular flexibility index (Phi) is 5.17. The molecule has 4 heteroatoms. The van der Waals surface area contributed by atoms with Crippen molar-refractivity contribution in [2.45, 2.75) is 0 Å². The van der Waals surface area contributed by atoms with Gasteiger partial charge in [0.25, 0.3) is 0 Å². The van der Waals surface area contributed by atoms with Gasteiger partial charge in [0.15, 0.2) is 7.14 Å². The van der Waals surface area contributed by atoms with E-state index in [1.165, 1.54) is 5.39 Å². The maximum atomic E-state index is 15.2. The van der Waals surface area contributed by atoms with E-state index in [-0.39, 0.29) is 0 Å². The van der Waals surface area contributed by atoms with Crippen LogP contribution in [0.25, 0.3) is 60.6 Å².